The van der Waals surface area contributed by atoms with E-state index < -0.39 is 79.7 Å². The fourth-order valence-corrected chi connectivity index (χ4v) is 14.1. The van der Waals surface area contributed by atoms with Crippen molar-refractivity contribution in [3.05, 3.63) is 0 Å². The number of hydrogen-bond donors (Lipinski definition) is 4. The molecule has 300 valence electrons. The Morgan fingerprint density at radius 3 is 1.28 bits per heavy atom. The Hall–Kier alpha value is -2.54. The zero-order valence-corrected chi connectivity index (χ0v) is 32.5. The number of hydrogen-bond acceptors (Lipinski definition) is 12. The summed E-state index contributed by atoms with van der Waals surface area (Å²) in [7, 11) is 0. The molecule has 0 bridgehead atoms. The summed E-state index contributed by atoms with van der Waals surface area (Å²) < 4.78 is 10.8. The molecule has 0 saturated heterocycles. The molecule has 8 saturated carbocycles. The molecule has 0 amide bonds. The molecule has 54 heavy (non-hydrogen) atoms. The number of rotatable bonds is 4. The standard InChI is InChI=1S/2C21H30O6/c2*1-3-27-17(24)20-9-5-4-8-19(20,25)12-14(22)16-13(20)6-10-18(2)15(23)7-11-21(16,18)26/h2*13,16,25-26H,3-12H2,1-2H3/t2*13-,16-,18-,19+,20+,21+/m10/s1. The van der Waals surface area contributed by atoms with Crippen LogP contribution >= 0.6 is 0 Å². The monoisotopic (exact) mass is 756 g/mol. The van der Waals surface area contributed by atoms with Gasteiger partial charge in [-0.1, -0.05) is 25.7 Å². The minimum Gasteiger partial charge on any atom is -0.465 e. The third kappa shape index (κ3) is 4.81. The van der Waals surface area contributed by atoms with Crippen LogP contribution in [0.1, 0.15) is 143 Å². The first kappa shape index (κ1) is 39.7. The summed E-state index contributed by atoms with van der Waals surface area (Å²) in [6.45, 7) is 7.44. The van der Waals surface area contributed by atoms with Crippen molar-refractivity contribution in [1.29, 1.82) is 0 Å². The highest BCUT2D eigenvalue weighted by molar-refractivity contribution is 5.96. The molecule has 12 heteroatoms. The summed E-state index contributed by atoms with van der Waals surface area (Å²) in [5.41, 5.74) is -9.89. The maximum Gasteiger partial charge on any atom is 0.315 e. The van der Waals surface area contributed by atoms with Crippen LogP contribution in [0.4, 0.5) is 0 Å². The van der Waals surface area contributed by atoms with Gasteiger partial charge >= 0.3 is 11.9 Å². The second-order valence-electron chi connectivity index (χ2n) is 18.8. The van der Waals surface area contributed by atoms with Crippen molar-refractivity contribution in [3.8, 4) is 0 Å². The first-order valence-electron chi connectivity index (χ1n) is 20.7. The quantitative estimate of drug-likeness (QED) is 0.302. The molecule has 0 spiro atoms. The lowest BCUT2D eigenvalue weighted by atomic mass is 9.41. The van der Waals surface area contributed by atoms with Crippen LogP contribution in [0.3, 0.4) is 0 Å². The summed E-state index contributed by atoms with van der Waals surface area (Å²) in [5, 5.41) is 46.3. The maximum absolute atomic E-state index is 13.2. The van der Waals surface area contributed by atoms with E-state index in [9.17, 15) is 49.2 Å². The Morgan fingerprint density at radius 1 is 0.574 bits per heavy atom. The summed E-state index contributed by atoms with van der Waals surface area (Å²) in [5.74, 6) is -3.80. The molecule has 0 aromatic rings. The molecule has 0 aromatic carbocycles. The predicted octanol–water partition coefficient (Wildman–Crippen LogP) is 3.88. The number of carbonyl (C=O) groups excluding carboxylic acids is 6. The van der Waals surface area contributed by atoms with Gasteiger partial charge in [-0.05, 0) is 104 Å². The molecule has 0 unspecified atom stereocenters. The molecular weight excluding hydrogens is 696 g/mol. The SMILES string of the molecule is CCOC(=O)[C@@]12CCCC[C@]1(O)CC(=O)[C@H]1[C@H]2CC[C@]2(C)C(=O)CC[C@]12O.CCOC(=O)[C@]12CCCC[C@@]1(O)CC(=O)[C@@H]1[C@@H]2CC[C@@]2(C)C(=O)CC[C@@]12O. The number of aliphatic hydroxyl groups is 4. The van der Waals surface area contributed by atoms with Gasteiger partial charge in [0.05, 0.1) is 58.3 Å². The molecular formula is C42H60O12. The lowest BCUT2D eigenvalue weighted by Gasteiger charge is -2.63. The van der Waals surface area contributed by atoms with Crippen LogP contribution < -0.4 is 0 Å². The molecule has 8 rings (SSSR count). The fraction of sp³-hybridized carbons (Fsp3) is 0.857. The van der Waals surface area contributed by atoms with Gasteiger partial charge in [0.25, 0.3) is 0 Å². The van der Waals surface area contributed by atoms with Crippen LogP contribution in [0, 0.1) is 45.3 Å². The topological polar surface area (TPSA) is 202 Å². The lowest BCUT2D eigenvalue weighted by molar-refractivity contribution is -0.243. The molecule has 8 aliphatic carbocycles. The van der Waals surface area contributed by atoms with Crippen molar-refractivity contribution < 1.29 is 58.7 Å². The predicted molar refractivity (Wildman–Crippen MR) is 191 cm³/mol. The molecule has 0 aliphatic heterocycles. The van der Waals surface area contributed by atoms with Gasteiger partial charge in [-0.3, -0.25) is 28.8 Å². The van der Waals surface area contributed by atoms with Gasteiger partial charge in [0.1, 0.15) is 34.0 Å². The smallest absolute Gasteiger partial charge is 0.315 e. The van der Waals surface area contributed by atoms with E-state index in [0.717, 1.165) is 25.7 Å². The summed E-state index contributed by atoms with van der Waals surface area (Å²) >= 11 is 0. The van der Waals surface area contributed by atoms with E-state index in [1.807, 2.05) is 0 Å². The third-order valence-corrected chi connectivity index (χ3v) is 17.0. The molecule has 4 N–H and O–H groups in total. The molecule has 12 nitrogen and oxygen atoms in total. The van der Waals surface area contributed by atoms with Gasteiger partial charge in [-0.2, -0.15) is 0 Å². The van der Waals surface area contributed by atoms with Crippen LogP contribution in [0.5, 0.6) is 0 Å². The van der Waals surface area contributed by atoms with E-state index in [1.54, 1.807) is 27.7 Å². The first-order chi connectivity index (χ1) is 25.3. The van der Waals surface area contributed by atoms with E-state index in [0.29, 0.717) is 51.4 Å². The van der Waals surface area contributed by atoms with Crippen molar-refractivity contribution in [2.45, 2.75) is 166 Å². The van der Waals surface area contributed by atoms with Crippen LogP contribution in [-0.4, -0.2) is 91.1 Å². The first-order valence-corrected chi connectivity index (χ1v) is 20.7. The highest BCUT2D eigenvalue weighted by atomic mass is 16.5. The van der Waals surface area contributed by atoms with Gasteiger partial charge in [0.2, 0.25) is 0 Å². The van der Waals surface area contributed by atoms with Crippen LogP contribution in [0.25, 0.3) is 0 Å². The summed E-state index contributed by atoms with van der Waals surface area (Å²) in [4.78, 5) is 78.0. The average Bonchev–Trinajstić information content (AvgIpc) is 3.50. The average molecular weight is 757 g/mol. The largest absolute Gasteiger partial charge is 0.465 e. The van der Waals surface area contributed by atoms with Crippen molar-refractivity contribution in [2.75, 3.05) is 13.2 Å². The van der Waals surface area contributed by atoms with E-state index in [-0.39, 0.29) is 74.9 Å². The Labute approximate surface area is 317 Å². The van der Waals surface area contributed by atoms with Crippen molar-refractivity contribution in [2.24, 2.45) is 45.3 Å². The zero-order chi connectivity index (χ0) is 39.3. The van der Waals surface area contributed by atoms with Crippen molar-refractivity contribution in [3.63, 3.8) is 0 Å². The summed E-state index contributed by atoms with van der Waals surface area (Å²) in [6.07, 6.45) is 7.43. The number of ether oxygens (including phenoxy) is 2. The highest BCUT2D eigenvalue weighted by Gasteiger charge is 2.77. The molecule has 0 heterocycles. The highest BCUT2D eigenvalue weighted by Crippen LogP contribution is 2.69. The minimum absolute atomic E-state index is 0.00548. The van der Waals surface area contributed by atoms with Crippen LogP contribution in [-0.2, 0) is 38.2 Å². The number of esters is 2. The Morgan fingerprint density at radius 2 is 0.926 bits per heavy atom. The molecule has 8 fully saturated rings. The van der Waals surface area contributed by atoms with Crippen LogP contribution in [0.15, 0.2) is 0 Å². The Kier molecular flexibility index (Phi) is 9.55. The molecule has 0 aromatic heterocycles. The Balaban J connectivity index is 0.000000167. The van der Waals surface area contributed by atoms with Gasteiger partial charge in [0, 0.05) is 25.7 Å². The van der Waals surface area contributed by atoms with E-state index >= 15 is 0 Å². The maximum atomic E-state index is 13.2. The van der Waals surface area contributed by atoms with E-state index in [2.05, 4.69) is 0 Å². The number of carbonyl (C=O) groups is 6. The second-order valence-corrected chi connectivity index (χ2v) is 18.8. The number of Topliss-reactive ketones (excluding diaryl/α,β-unsaturated/α-hetero) is 4. The Bertz CT molecular complexity index is 1520. The third-order valence-electron chi connectivity index (χ3n) is 17.0. The van der Waals surface area contributed by atoms with E-state index in [1.165, 1.54) is 0 Å². The normalized spacial score (nSPS) is 49.2. The van der Waals surface area contributed by atoms with Crippen molar-refractivity contribution in [1.82, 2.24) is 0 Å². The summed E-state index contributed by atoms with van der Waals surface area (Å²) in [6, 6.07) is 0. The van der Waals surface area contributed by atoms with Crippen LogP contribution in [0.2, 0.25) is 0 Å². The van der Waals surface area contributed by atoms with Gasteiger partial charge in [0.15, 0.2) is 0 Å². The minimum atomic E-state index is -1.43. The number of ketones is 4. The molecule has 12 atom stereocenters. The van der Waals surface area contributed by atoms with E-state index in [4.69, 9.17) is 9.47 Å². The fourth-order valence-electron chi connectivity index (χ4n) is 14.1. The molecule has 0 radical (unpaired) electrons. The van der Waals surface area contributed by atoms with Gasteiger partial charge in [-0.25, -0.2) is 0 Å². The van der Waals surface area contributed by atoms with Gasteiger partial charge < -0.3 is 29.9 Å². The van der Waals surface area contributed by atoms with Crippen molar-refractivity contribution >= 4 is 35.1 Å². The lowest BCUT2D eigenvalue weighted by Crippen LogP contribution is -2.72. The molecule has 8 aliphatic rings. The number of fused-ring (bicyclic) bond motifs is 10. The zero-order valence-electron chi connectivity index (χ0n) is 32.5. The second kappa shape index (κ2) is 13.0. The van der Waals surface area contributed by atoms with Gasteiger partial charge in [-0.15, -0.1) is 0 Å².